The molecule has 0 saturated heterocycles. The first-order chi connectivity index (χ1) is 10.7. The van der Waals surface area contributed by atoms with Crippen molar-refractivity contribution in [1.82, 2.24) is 20.5 Å². The molecule has 1 aliphatic carbocycles. The highest BCUT2D eigenvalue weighted by atomic mass is 16.2. The van der Waals surface area contributed by atoms with Gasteiger partial charge in [0.2, 0.25) is 0 Å². The molecule has 2 heterocycles. The Balaban J connectivity index is 1.74. The van der Waals surface area contributed by atoms with E-state index in [9.17, 15) is 4.79 Å². The predicted molar refractivity (Wildman–Crippen MR) is 84.5 cm³/mol. The summed E-state index contributed by atoms with van der Waals surface area (Å²) in [6, 6.07) is 5.85. The van der Waals surface area contributed by atoms with Crippen molar-refractivity contribution in [3.63, 3.8) is 0 Å². The summed E-state index contributed by atoms with van der Waals surface area (Å²) >= 11 is 0. The minimum absolute atomic E-state index is 0.0151. The smallest absolute Gasteiger partial charge is 0.272 e. The molecule has 2 aromatic rings. The molecular weight excluding hydrogens is 276 g/mol. The van der Waals surface area contributed by atoms with Gasteiger partial charge < -0.3 is 5.32 Å². The third-order valence-electron chi connectivity index (χ3n) is 4.02. The zero-order valence-corrected chi connectivity index (χ0v) is 13.1. The van der Waals surface area contributed by atoms with Crippen molar-refractivity contribution in [2.75, 3.05) is 0 Å². The van der Waals surface area contributed by atoms with Gasteiger partial charge in [-0.15, -0.1) is 0 Å². The van der Waals surface area contributed by atoms with Crippen LogP contribution in [0.1, 0.15) is 59.7 Å². The van der Waals surface area contributed by atoms with Crippen LogP contribution in [0.15, 0.2) is 24.4 Å². The summed E-state index contributed by atoms with van der Waals surface area (Å²) in [5.41, 5.74) is 3.57. The average Bonchev–Trinajstić information content (AvgIpc) is 3.23. The summed E-state index contributed by atoms with van der Waals surface area (Å²) in [6.45, 7) is 4.15. The Morgan fingerprint density at radius 2 is 2.27 bits per heavy atom. The molecule has 1 aliphatic rings. The Morgan fingerprint density at radius 1 is 1.45 bits per heavy atom. The Hall–Kier alpha value is -2.17. The number of amides is 1. The van der Waals surface area contributed by atoms with Crippen LogP contribution in [0.2, 0.25) is 0 Å². The zero-order valence-electron chi connectivity index (χ0n) is 13.1. The molecule has 2 N–H and O–H groups in total. The third-order valence-corrected chi connectivity index (χ3v) is 4.02. The highest BCUT2D eigenvalue weighted by Gasteiger charge is 2.34. The van der Waals surface area contributed by atoms with Crippen molar-refractivity contribution < 1.29 is 4.79 Å². The summed E-state index contributed by atoms with van der Waals surface area (Å²) in [6.07, 6.45) is 6.03. The Labute approximate surface area is 130 Å². The van der Waals surface area contributed by atoms with E-state index in [0.29, 0.717) is 11.6 Å². The molecule has 116 valence electrons. The molecule has 3 rings (SSSR count). The maximum absolute atomic E-state index is 12.4. The van der Waals surface area contributed by atoms with Gasteiger partial charge in [0.25, 0.3) is 5.91 Å². The molecule has 1 amide bonds. The van der Waals surface area contributed by atoms with Crippen molar-refractivity contribution in [3.05, 3.63) is 47.0 Å². The number of rotatable bonds is 6. The SMILES string of the molecule is CCCc1cc(C(=O)NC(c2cc(C)ccn2)C2CC2)n[nH]1. The number of pyridine rings is 1. The maximum atomic E-state index is 12.4. The van der Waals surface area contributed by atoms with Gasteiger partial charge in [-0.05, 0) is 55.9 Å². The lowest BCUT2D eigenvalue weighted by Crippen LogP contribution is -2.30. The van der Waals surface area contributed by atoms with Crippen molar-refractivity contribution in [1.29, 1.82) is 0 Å². The van der Waals surface area contributed by atoms with E-state index < -0.39 is 0 Å². The lowest BCUT2D eigenvalue weighted by molar-refractivity contribution is 0.0925. The van der Waals surface area contributed by atoms with E-state index in [1.165, 1.54) is 0 Å². The van der Waals surface area contributed by atoms with E-state index >= 15 is 0 Å². The third kappa shape index (κ3) is 3.35. The first kappa shape index (κ1) is 14.8. The Bertz CT molecular complexity index is 660. The van der Waals surface area contributed by atoms with Crippen molar-refractivity contribution in [2.45, 2.75) is 45.6 Å². The topological polar surface area (TPSA) is 70.7 Å². The van der Waals surface area contributed by atoms with Crippen LogP contribution in [0.3, 0.4) is 0 Å². The van der Waals surface area contributed by atoms with E-state index in [0.717, 1.165) is 42.6 Å². The van der Waals surface area contributed by atoms with E-state index in [2.05, 4.69) is 33.5 Å². The van der Waals surface area contributed by atoms with Crippen LogP contribution in [-0.4, -0.2) is 21.1 Å². The van der Waals surface area contributed by atoms with Gasteiger partial charge in [0.05, 0.1) is 11.7 Å². The number of nitrogens with one attached hydrogen (secondary N) is 2. The first-order valence-corrected chi connectivity index (χ1v) is 7.95. The summed E-state index contributed by atoms with van der Waals surface area (Å²) in [5.74, 6) is 0.367. The van der Waals surface area contributed by atoms with Crippen LogP contribution in [0, 0.1) is 12.8 Å². The minimum atomic E-state index is -0.126. The first-order valence-electron chi connectivity index (χ1n) is 7.95. The highest BCUT2D eigenvalue weighted by Crippen LogP contribution is 2.40. The van der Waals surface area contributed by atoms with Gasteiger partial charge in [-0.3, -0.25) is 14.9 Å². The van der Waals surface area contributed by atoms with Crippen LogP contribution in [0.25, 0.3) is 0 Å². The number of nitrogens with zero attached hydrogens (tertiary/aromatic N) is 2. The molecule has 1 atom stereocenters. The molecule has 2 aromatic heterocycles. The van der Waals surface area contributed by atoms with Crippen LogP contribution in [0.4, 0.5) is 0 Å². The van der Waals surface area contributed by atoms with E-state index in [4.69, 9.17) is 0 Å². The molecule has 0 bridgehead atoms. The molecule has 1 saturated carbocycles. The van der Waals surface area contributed by atoms with E-state index in [1.54, 1.807) is 6.20 Å². The second kappa shape index (κ2) is 6.30. The van der Waals surface area contributed by atoms with Gasteiger partial charge in [0.1, 0.15) is 5.69 Å². The molecule has 1 unspecified atom stereocenters. The summed E-state index contributed by atoms with van der Waals surface area (Å²) in [5, 5.41) is 10.2. The molecule has 22 heavy (non-hydrogen) atoms. The minimum Gasteiger partial charge on any atom is -0.342 e. The average molecular weight is 298 g/mol. The molecule has 0 aromatic carbocycles. The number of hydrogen-bond donors (Lipinski definition) is 2. The zero-order chi connectivity index (χ0) is 15.5. The number of carbonyl (C=O) groups excluding carboxylic acids is 1. The molecule has 0 radical (unpaired) electrons. The molecule has 0 spiro atoms. The largest absolute Gasteiger partial charge is 0.342 e. The molecule has 1 fully saturated rings. The van der Waals surface area contributed by atoms with Gasteiger partial charge in [0.15, 0.2) is 0 Å². The lowest BCUT2D eigenvalue weighted by Gasteiger charge is -2.17. The fourth-order valence-electron chi connectivity index (χ4n) is 2.68. The normalized spacial score (nSPS) is 15.5. The number of hydrogen-bond acceptors (Lipinski definition) is 3. The predicted octanol–water partition coefficient (Wildman–Crippen LogP) is 2.95. The van der Waals surface area contributed by atoms with Crippen LogP contribution < -0.4 is 5.32 Å². The summed E-state index contributed by atoms with van der Waals surface area (Å²) in [4.78, 5) is 16.9. The van der Waals surface area contributed by atoms with Gasteiger partial charge in [-0.2, -0.15) is 5.10 Å². The monoisotopic (exact) mass is 298 g/mol. The Morgan fingerprint density at radius 3 is 2.95 bits per heavy atom. The molecule has 5 nitrogen and oxygen atoms in total. The fourth-order valence-corrected chi connectivity index (χ4v) is 2.68. The highest BCUT2D eigenvalue weighted by molar-refractivity contribution is 5.92. The van der Waals surface area contributed by atoms with Gasteiger partial charge >= 0.3 is 0 Å². The summed E-state index contributed by atoms with van der Waals surface area (Å²) < 4.78 is 0. The van der Waals surface area contributed by atoms with Crippen LogP contribution in [0.5, 0.6) is 0 Å². The number of aromatic amines is 1. The van der Waals surface area contributed by atoms with E-state index in [1.807, 2.05) is 19.1 Å². The molecule has 5 heteroatoms. The summed E-state index contributed by atoms with van der Waals surface area (Å²) in [7, 11) is 0. The Kier molecular flexibility index (Phi) is 4.22. The van der Waals surface area contributed by atoms with E-state index in [-0.39, 0.29) is 11.9 Å². The standard InChI is InChI=1S/C17H22N4O/c1-3-4-13-10-15(21-20-13)17(22)19-16(12-5-6-12)14-9-11(2)7-8-18-14/h7-10,12,16H,3-6H2,1-2H3,(H,19,22)(H,20,21). The fraction of sp³-hybridized carbons (Fsp3) is 0.471. The van der Waals surface area contributed by atoms with Crippen LogP contribution in [-0.2, 0) is 6.42 Å². The number of aromatic nitrogens is 3. The van der Waals surface area contributed by atoms with Gasteiger partial charge in [0, 0.05) is 11.9 Å². The molecular formula is C17H22N4O. The lowest BCUT2D eigenvalue weighted by atomic mass is 10.1. The number of carbonyl (C=O) groups is 1. The van der Waals surface area contributed by atoms with Crippen molar-refractivity contribution >= 4 is 5.91 Å². The van der Waals surface area contributed by atoms with Crippen LogP contribution >= 0.6 is 0 Å². The van der Waals surface area contributed by atoms with Gasteiger partial charge in [-0.1, -0.05) is 13.3 Å². The second-order valence-corrected chi connectivity index (χ2v) is 6.08. The van der Waals surface area contributed by atoms with Crippen molar-refractivity contribution in [2.24, 2.45) is 5.92 Å². The number of aryl methyl sites for hydroxylation is 2. The quantitative estimate of drug-likeness (QED) is 0.861. The number of H-pyrrole nitrogens is 1. The molecule has 0 aliphatic heterocycles. The van der Waals surface area contributed by atoms with Crippen molar-refractivity contribution in [3.8, 4) is 0 Å². The van der Waals surface area contributed by atoms with Gasteiger partial charge in [-0.25, -0.2) is 0 Å². The maximum Gasteiger partial charge on any atom is 0.272 e. The second-order valence-electron chi connectivity index (χ2n) is 6.08.